The summed E-state index contributed by atoms with van der Waals surface area (Å²) in [6, 6.07) is 22.5. The lowest BCUT2D eigenvalue weighted by Crippen LogP contribution is -2.35. The summed E-state index contributed by atoms with van der Waals surface area (Å²) in [7, 11) is 1.67. The lowest BCUT2D eigenvalue weighted by Gasteiger charge is -2.24. The van der Waals surface area contributed by atoms with Crippen molar-refractivity contribution in [2.24, 2.45) is 0 Å². The van der Waals surface area contributed by atoms with E-state index in [9.17, 15) is 19.1 Å². The quantitative estimate of drug-likeness (QED) is 0.245. The second kappa shape index (κ2) is 15.5. The summed E-state index contributed by atoms with van der Waals surface area (Å²) in [5, 5.41) is 10.9. The molecule has 1 N–H and O–H groups in total. The Morgan fingerprint density at radius 1 is 0.745 bits per heavy atom. The first kappa shape index (κ1) is 35.2. The van der Waals surface area contributed by atoms with Crippen LogP contribution < -0.4 is 11.1 Å². The number of benzene rings is 3. The zero-order valence-corrected chi connectivity index (χ0v) is 28.5. The first-order valence-corrected chi connectivity index (χ1v) is 16.3. The van der Waals surface area contributed by atoms with Gasteiger partial charge < -0.3 is 9.84 Å². The molecule has 0 fully saturated rings. The Morgan fingerprint density at radius 2 is 1.35 bits per heavy atom. The molecule has 2 aliphatic rings. The van der Waals surface area contributed by atoms with Crippen molar-refractivity contribution in [1.82, 2.24) is 24.1 Å². The highest BCUT2D eigenvalue weighted by Crippen LogP contribution is 2.19. The van der Waals surface area contributed by atoms with Crippen molar-refractivity contribution < 1.29 is 14.2 Å². The predicted octanol–water partition coefficient (Wildman–Crippen LogP) is 4.82. The number of pyridine rings is 1. The molecule has 9 nitrogen and oxygen atoms in total. The van der Waals surface area contributed by atoms with Crippen molar-refractivity contribution >= 4 is 34.2 Å². The number of aromatic nitrogens is 5. The molecule has 51 heavy (non-hydrogen) atoms. The molecule has 2 unspecified atom stereocenters. The minimum Gasteiger partial charge on any atom is -0.391 e. The first-order chi connectivity index (χ1) is 24.3. The number of aliphatic hydroxyl groups excluding tert-OH is 1. The van der Waals surface area contributed by atoms with Gasteiger partial charge in [0.25, 0.3) is 11.1 Å². The molecule has 0 spiro atoms. The summed E-state index contributed by atoms with van der Waals surface area (Å²) in [5.41, 5.74) is 3.98. The Labute approximate surface area is 299 Å². The smallest absolute Gasteiger partial charge is 0.261 e. The van der Waals surface area contributed by atoms with Crippen molar-refractivity contribution in [3.05, 3.63) is 146 Å². The third-order valence-corrected chi connectivity index (χ3v) is 8.75. The van der Waals surface area contributed by atoms with Crippen LogP contribution in [0.15, 0.2) is 94.6 Å². The number of fused-ring (bicyclic) bond motifs is 4. The molecule has 256 valence electrons. The Hall–Kier alpha value is -5.65. The van der Waals surface area contributed by atoms with Gasteiger partial charge in [-0.3, -0.25) is 18.7 Å². The molecule has 11 heteroatoms. The third-order valence-electron chi connectivity index (χ3n) is 8.75. The lowest BCUT2D eigenvalue weighted by atomic mass is 10.1. The average molecular weight is 702 g/mol. The van der Waals surface area contributed by atoms with Crippen LogP contribution in [0.4, 0.5) is 4.39 Å². The van der Waals surface area contributed by atoms with E-state index in [2.05, 4.69) is 38.6 Å². The predicted molar refractivity (Wildman–Crippen MR) is 195 cm³/mol. The number of nitrogens with zero attached hydrogens (tertiary/aromatic N) is 5. The Balaban J connectivity index is 0.000000173. The molecule has 3 aromatic carbocycles. The van der Waals surface area contributed by atoms with Crippen molar-refractivity contribution in [2.75, 3.05) is 7.11 Å². The number of aryl methyl sites for hydroxylation is 2. The standard InChI is InChI=1S/C21H17FN2O2.C19H15N3O2.ClH/c1-26-17-8-10-20-23-19-12-15(6-5-14-3-2-4-16(22)11-14)7-9-18(19)21(25)24(20)13-17;23-15-7-9-18-21-17-11-13(4-6-14-3-1-2-10-20-14)5-8-16(17)19(24)22(18)12-15;/h2-4,7,9,11-12,17H,8,10,13H2,1H3;1-3,5,8,10-11,15,23H,7,9,12H2;1H. The fraction of sp³-hybridized carbons (Fsp3) is 0.225. The molecule has 8 rings (SSSR count). The minimum absolute atomic E-state index is 0. The van der Waals surface area contributed by atoms with Crippen molar-refractivity contribution in [3.8, 4) is 23.7 Å². The zero-order valence-electron chi connectivity index (χ0n) is 27.7. The van der Waals surface area contributed by atoms with Gasteiger partial charge in [-0.1, -0.05) is 29.9 Å². The molecule has 2 aliphatic heterocycles. The molecular formula is C40H33ClFN5O4. The van der Waals surface area contributed by atoms with Crippen LogP contribution in [0.2, 0.25) is 0 Å². The molecule has 6 aromatic rings. The van der Waals surface area contributed by atoms with E-state index < -0.39 is 6.10 Å². The Morgan fingerprint density at radius 3 is 1.96 bits per heavy atom. The molecule has 0 radical (unpaired) electrons. The topological polar surface area (TPSA) is 112 Å². The summed E-state index contributed by atoms with van der Waals surface area (Å²) in [4.78, 5) is 38.7. The van der Waals surface area contributed by atoms with Crippen LogP contribution in [0.3, 0.4) is 0 Å². The molecular weight excluding hydrogens is 669 g/mol. The Kier molecular flexibility index (Phi) is 10.7. The number of methoxy groups -OCH3 is 1. The van der Waals surface area contributed by atoms with Gasteiger partial charge in [0.1, 0.15) is 23.2 Å². The highest BCUT2D eigenvalue weighted by atomic mass is 35.5. The monoisotopic (exact) mass is 701 g/mol. The van der Waals surface area contributed by atoms with Gasteiger partial charge >= 0.3 is 0 Å². The van der Waals surface area contributed by atoms with E-state index in [1.54, 1.807) is 52.8 Å². The van der Waals surface area contributed by atoms with Crippen LogP contribution in [0.25, 0.3) is 21.8 Å². The van der Waals surface area contributed by atoms with Gasteiger partial charge in [0, 0.05) is 42.8 Å². The van der Waals surface area contributed by atoms with Crippen LogP contribution in [-0.4, -0.2) is 48.5 Å². The minimum atomic E-state index is -0.474. The maximum atomic E-state index is 13.2. The number of hydrogen-bond donors (Lipinski definition) is 1. The Bertz CT molecular complexity index is 2500. The molecule has 0 aliphatic carbocycles. The average Bonchev–Trinajstić information content (AvgIpc) is 3.14. The van der Waals surface area contributed by atoms with Crippen molar-refractivity contribution in [3.63, 3.8) is 0 Å². The van der Waals surface area contributed by atoms with Gasteiger partial charge in [0.15, 0.2) is 0 Å². The number of ether oxygens (including phenoxy) is 1. The van der Waals surface area contributed by atoms with Gasteiger partial charge in [-0.15, -0.1) is 12.4 Å². The number of halogens is 2. The maximum absolute atomic E-state index is 13.2. The normalized spacial score (nSPS) is 15.8. The molecule has 5 heterocycles. The van der Waals surface area contributed by atoms with Gasteiger partial charge in [-0.2, -0.15) is 0 Å². The molecule has 0 saturated carbocycles. The molecule has 0 bridgehead atoms. The third kappa shape index (κ3) is 7.90. The van der Waals surface area contributed by atoms with Crippen LogP contribution in [-0.2, 0) is 30.7 Å². The highest BCUT2D eigenvalue weighted by Gasteiger charge is 2.22. The summed E-state index contributed by atoms with van der Waals surface area (Å²) in [5.74, 6) is 13.2. The highest BCUT2D eigenvalue weighted by molar-refractivity contribution is 5.85. The molecule has 0 saturated heterocycles. The number of hydrogen-bond acceptors (Lipinski definition) is 7. The summed E-state index contributed by atoms with van der Waals surface area (Å²) >= 11 is 0. The first-order valence-electron chi connectivity index (χ1n) is 16.3. The maximum Gasteiger partial charge on any atom is 0.261 e. The second-order valence-electron chi connectivity index (χ2n) is 12.2. The van der Waals surface area contributed by atoms with E-state index in [0.717, 1.165) is 29.2 Å². The molecule has 3 aromatic heterocycles. The van der Waals surface area contributed by atoms with Crippen LogP contribution in [0, 0.1) is 29.5 Å². The number of aliphatic hydroxyl groups is 1. The summed E-state index contributed by atoms with van der Waals surface area (Å²) < 4.78 is 21.9. The fourth-order valence-electron chi connectivity index (χ4n) is 6.11. The van der Waals surface area contributed by atoms with Crippen LogP contribution >= 0.6 is 12.4 Å². The van der Waals surface area contributed by atoms with E-state index in [0.29, 0.717) is 65.4 Å². The summed E-state index contributed by atoms with van der Waals surface area (Å²) in [6.07, 6.45) is 4.09. The van der Waals surface area contributed by atoms with Gasteiger partial charge in [-0.25, -0.2) is 19.3 Å². The largest absolute Gasteiger partial charge is 0.391 e. The number of rotatable bonds is 1. The van der Waals surface area contributed by atoms with E-state index in [1.807, 2.05) is 36.4 Å². The second-order valence-corrected chi connectivity index (χ2v) is 12.2. The lowest BCUT2D eigenvalue weighted by molar-refractivity contribution is 0.0689. The van der Waals surface area contributed by atoms with Crippen LogP contribution in [0.5, 0.6) is 0 Å². The van der Waals surface area contributed by atoms with Gasteiger partial charge in [-0.05, 0) is 85.5 Å². The van der Waals surface area contributed by atoms with E-state index >= 15 is 0 Å². The summed E-state index contributed by atoms with van der Waals surface area (Å²) in [6.45, 7) is 0.854. The van der Waals surface area contributed by atoms with Crippen molar-refractivity contribution in [2.45, 2.75) is 51.0 Å². The van der Waals surface area contributed by atoms with E-state index in [-0.39, 0.29) is 35.4 Å². The van der Waals surface area contributed by atoms with Gasteiger partial charge in [0.2, 0.25) is 0 Å². The van der Waals surface area contributed by atoms with Gasteiger partial charge in [0.05, 0.1) is 47.1 Å². The molecule has 0 amide bonds. The zero-order chi connectivity index (χ0) is 34.6. The van der Waals surface area contributed by atoms with E-state index in [4.69, 9.17) is 4.74 Å². The van der Waals surface area contributed by atoms with Crippen LogP contribution in [0.1, 0.15) is 46.9 Å². The molecule has 2 atom stereocenters. The SMILES string of the molecule is COC1CCc2nc3cc(C#Cc4cccc(F)c4)ccc3c(=O)n2C1.Cl.O=c1c2ccc(C#Cc3ccccn3)cc2nc2n1CC(O)CC2. The van der Waals surface area contributed by atoms with E-state index in [1.165, 1.54) is 12.1 Å². The fourth-order valence-corrected chi connectivity index (χ4v) is 6.11. The van der Waals surface area contributed by atoms with Crippen molar-refractivity contribution in [1.29, 1.82) is 0 Å².